The van der Waals surface area contributed by atoms with Gasteiger partial charge in [-0.1, -0.05) is 66.7 Å². The number of hydrogen-bond acceptors (Lipinski definition) is 3. The zero-order chi connectivity index (χ0) is 19.7. The van der Waals surface area contributed by atoms with Crippen LogP contribution in [-0.2, 0) is 16.8 Å². The molecule has 0 saturated heterocycles. The number of carboxylic acids is 1. The molecule has 0 fully saturated rings. The summed E-state index contributed by atoms with van der Waals surface area (Å²) in [5.41, 5.74) is 1.74. The molecule has 3 aromatic rings. The van der Waals surface area contributed by atoms with Crippen molar-refractivity contribution in [3.8, 4) is 5.75 Å². The van der Waals surface area contributed by atoms with Crippen LogP contribution in [0.2, 0.25) is 0 Å². The van der Waals surface area contributed by atoms with Gasteiger partial charge in [0.1, 0.15) is 11.4 Å². The van der Waals surface area contributed by atoms with Crippen LogP contribution in [0.25, 0.3) is 5.57 Å². The number of methoxy groups -OCH3 is 1. The van der Waals surface area contributed by atoms with Crippen molar-refractivity contribution in [1.82, 2.24) is 0 Å². The van der Waals surface area contributed by atoms with Crippen LogP contribution in [0.5, 0.6) is 5.75 Å². The second-order valence-electron chi connectivity index (χ2n) is 6.86. The minimum atomic E-state index is -1.66. The van der Waals surface area contributed by atoms with Crippen LogP contribution in [0.4, 0.5) is 0 Å². The Morgan fingerprint density at radius 3 is 2.21 bits per heavy atom. The van der Waals surface area contributed by atoms with Gasteiger partial charge in [-0.15, -0.1) is 0 Å². The highest BCUT2D eigenvalue weighted by atomic mass is 16.5. The molecule has 0 saturated carbocycles. The third-order valence-corrected chi connectivity index (χ3v) is 5.18. The highest BCUT2D eigenvalue weighted by Crippen LogP contribution is 2.50. The third kappa shape index (κ3) is 2.88. The maximum atomic E-state index is 12.4. The number of carboxylic acid groups (broad SMARTS) is 1. The molecule has 4 heteroatoms. The molecule has 0 heterocycles. The van der Waals surface area contributed by atoms with Crippen LogP contribution in [-0.4, -0.2) is 23.3 Å². The molecule has 1 atom stereocenters. The Labute approximate surface area is 163 Å². The lowest BCUT2D eigenvalue weighted by Gasteiger charge is -2.27. The molecule has 0 aromatic heterocycles. The van der Waals surface area contributed by atoms with E-state index in [0.29, 0.717) is 22.4 Å². The monoisotopic (exact) mass is 372 g/mol. The fourth-order valence-electron chi connectivity index (χ4n) is 3.95. The average Bonchev–Trinajstić information content (AvgIpc) is 2.97. The van der Waals surface area contributed by atoms with Gasteiger partial charge >= 0.3 is 5.97 Å². The van der Waals surface area contributed by atoms with Crippen molar-refractivity contribution in [3.05, 3.63) is 107 Å². The van der Waals surface area contributed by atoms with Gasteiger partial charge < -0.3 is 14.9 Å². The summed E-state index contributed by atoms with van der Waals surface area (Å²) in [6.45, 7) is 0. The highest BCUT2D eigenvalue weighted by Gasteiger charge is 2.47. The molecule has 28 heavy (non-hydrogen) atoms. The predicted molar refractivity (Wildman–Crippen MR) is 107 cm³/mol. The molecule has 140 valence electrons. The second kappa shape index (κ2) is 6.98. The number of fused-ring (bicyclic) bond motifs is 1. The Morgan fingerprint density at radius 1 is 0.964 bits per heavy atom. The van der Waals surface area contributed by atoms with E-state index in [1.54, 1.807) is 19.2 Å². The first-order valence-electron chi connectivity index (χ1n) is 9.03. The van der Waals surface area contributed by atoms with E-state index in [-0.39, 0.29) is 12.0 Å². The summed E-state index contributed by atoms with van der Waals surface area (Å²) >= 11 is 0. The zero-order valence-corrected chi connectivity index (χ0v) is 15.4. The summed E-state index contributed by atoms with van der Waals surface area (Å²) in [6.07, 6.45) is 0.159. The van der Waals surface area contributed by atoms with Crippen molar-refractivity contribution in [2.75, 3.05) is 7.11 Å². The first-order valence-corrected chi connectivity index (χ1v) is 9.03. The Hall–Kier alpha value is -3.37. The molecule has 0 spiro atoms. The van der Waals surface area contributed by atoms with Crippen molar-refractivity contribution in [2.24, 2.45) is 0 Å². The average molecular weight is 372 g/mol. The SMILES string of the molecule is COc1ccc2c(c1)C(O)(Cc1ccccc1)C(C(=O)O)=C2c1ccccc1. The lowest BCUT2D eigenvalue weighted by molar-refractivity contribution is -0.135. The van der Waals surface area contributed by atoms with Crippen LogP contribution >= 0.6 is 0 Å². The number of ether oxygens (including phenoxy) is 1. The van der Waals surface area contributed by atoms with Gasteiger partial charge in [0, 0.05) is 17.6 Å². The second-order valence-corrected chi connectivity index (χ2v) is 6.86. The van der Waals surface area contributed by atoms with Crippen LogP contribution in [0, 0.1) is 0 Å². The molecule has 0 aliphatic heterocycles. The van der Waals surface area contributed by atoms with Gasteiger partial charge in [-0.2, -0.15) is 0 Å². The molecule has 1 aliphatic rings. The van der Waals surface area contributed by atoms with E-state index >= 15 is 0 Å². The Morgan fingerprint density at radius 2 is 1.61 bits per heavy atom. The van der Waals surface area contributed by atoms with Crippen molar-refractivity contribution in [3.63, 3.8) is 0 Å². The van der Waals surface area contributed by atoms with Gasteiger partial charge in [0.25, 0.3) is 0 Å². The van der Waals surface area contributed by atoms with E-state index in [2.05, 4.69) is 0 Å². The van der Waals surface area contributed by atoms with Crippen molar-refractivity contribution in [1.29, 1.82) is 0 Å². The molecule has 0 radical (unpaired) electrons. The van der Waals surface area contributed by atoms with Crippen molar-refractivity contribution >= 4 is 11.5 Å². The zero-order valence-electron chi connectivity index (χ0n) is 15.4. The van der Waals surface area contributed by atoms with E-state index in [1.807, 2.05) is 66.7 Å². The largest absolute Gasteiger partial charge is 0.497 e. The lowest BCUT2D eigenvalue weighted by atomic mass is 9.84. The maximum Gasteiger partial charge on any atom is 0.335 e. The number of benzene rings is 3. The molecular weight excluding hydrogens is 352 g/mol. The Bertz CT molecular complexity index is 1050. The van der Waals surface area contributed by atoms with E-state index in [1.165, 1.54) is 0 Å². The topological polar surface area (TPSA) is 66.8 Å². The van der Waals surface area contributed by atoms with E-state index in [4.69, 9.17) is 4.74 Å². The number of aliphatic hydroxyl groups is 1. The van der Waals surface area contributed by atoms with Crippen molar-refractivity contribution < 1.29 is 19.7 Å². The number of carbonyl (C=O) groups is 1. The molecule has 2 N–H and O–H groups in total. The molecule has 0 bridgehead atoms. The van der Waals surface area contributed by atoms with Gasteiger partial charge in [0.05, 0.1) is 12.7 Å². The minimum Gasteiger partial charge on any atom is -0.497 e. The smallest absolute Gasteiger partial charge is 0.335 e. The first kappa shape index (κ1) is 18.0. The quantitative estimate of drug-likeness (QED) is 0.710. The Kier molecular flexibility index (Phi) is 4.49. The summed E-state index contributed by atoms with van der Waals surface area (Å²) in [5.74, 6) is -0.559. The summed E-state index contributed by atoms with van der Waals surface area (Å²) < 4.78 is 5.34. The molecule has 4 nitrogen and oxygen atoms in total. The number of hydrogen-bond donors (Lipinski definition) is 2. The normalized spacial score (nSPS) is 18.1. The van der Waals surface area contributed by atoms with Crippen LogP contribution in [0.15, 0.2) is 84.4 Å². The fourth-order valence-corrected chi connectivity index (χ4v) is 3.95. The van der Waals surface area contributed by atoms with E-state index < -0.39 is 11.6 Å². The number of aliphatic carboxylic acids is 1. The van der Waals surface area contributed by atoms with Crippen LogP contribution < -0.4 is 4.74 Å². The Balaban J connectivity index is 2.00. The van der Waals surface area contributed by atoms with Crippen LogP contribution in [0.1, 0.15) is 22.3 Å². The van der Waals surface area contributed by atoms with Gasteiger partial charge in [-0.25, -0.2) is 4.79 Å². The molecule has 3 aromatic carbocycles. The van der Waals surface area contributed by atoms with Gasteiger partial charge in [0.15, 0.2) is 0 Å². The predicted octanol–water partition coefficient (Wildman–Crippen LogP) is 4.03. The van der Waals surface area contributed by atoms with Crippen molar-refractivity contribution in [2.45, 2.75) is 12.0 Å². The van der Waals surface area contributed by atoms with Crippen LogP contribution in [0.3, 0.4) is 0 Å². The first-order chi connectivity index (χ1) is 13.5. The molecule has 1 aliphatic carbocycles. The van der Waals surface area contributed by atoms with E-state index in [9.17, 15) is 15.0 Å². The summed E-state index contributed by atoms with van der Waals surface area (Å²) in [4.78, 5) is 12.4. The minimum absolute atomic E-state index is 0.00851. The van der Waals surface area contributed by atoms with E-state index in [0.717, 1.165) is 11.1 Å². The standard InChI is InChI=1S/C24H20O4/c1-28-18-12-13-19-20(14-18)24(27,15-16-8-4-2-5-9-16)22(23(25)26)21(19)17-10-6-3-7-11-17/h2-14,27H,15H2,1H3,(H,25,26). The van der Waals surface area contributed by atoms with Gasteiger partial charge in [-0.3, -0.25) is 0 Å². The fraction of sp³-hybridized carbons (Fsp3) is 0.125. The van der Waals surface area contributed by atoms with Gasteiger partial charge in [-0.05, 0) is 28.8 Å². The summed E-state index contributed by atoms with van der Waals surface area (Å²) in [7, 11) is 1.55. The molecule has 1 unspecified atom stereocenters. The molecular formula is C24H20O4. The molecule has 4 rings (SSSR count). The summed E-state index contributed by atoms with van der Waals surface area (Å²) in [6, 6.07) is 24.1. The summed E-state index contributed by atoms with van der Waals surface area (Å²) in [5, 5.41) is 21.9. The van der Waals surface area contributed by atoms with Gasteiger partial charge in [0.2, 0.25) is 0 Å². The number of rotatable bonds is 5. The lowest BCUT2D eigenvalue weighted by Crippen LogP contribution is -2.32. The third-order valence-electron chi connectivity index (χ3n) is 5.18. The maximum absolute atomic E-state index is 12.4. The highest BCUT2D eigenvalue weighted by molar-refractivity contribution is 6.06. The molecule has 0 amide bonds.